The van der Waals surface area contributed by atoms with E-state index in [2.05, 4.69) is 0 Å². The fourth-order valence-electron chi connectivity index (χ4n) is 1.95. The van der Waals surface area contributed by atoms with Gasteiger partial charge in [0.05, 0.1) is 22.0 Å². The summed E-state index contributed by atoms with van der Waals surface area (Å²) >= 11 is 18.3. The van der Waals surface area contributed by atoms with Gasteiger partial charge < -0.3 is 4.74 Å². The monoisotopic (exact) mass is 278 g/mol. The second-order valence-electron chi connectivity index (χ2n) is 4.05. The van der Waals surface area contributed by atoms with E-state index in [1.165, 1.54) is 0 Å². The molecule has 4 heteroatoms. The Morgan fingerprint density at radius 3 is 2.69 bits per heavy atom. The molecule has 1 nitrogen and oxygen atoms in total. The highest BCUT2D eigenvalue weighted by molar-refractivity contribution is 6.42. The van der Waals surface area contributed by atoms with E-state index in [1.807, 2.05) is 12.1 Å². The van der Waals surface area contributed by atoms with E-state index < -0.39 is 0 Å². The average Bonchev–Trinajstić information content (AvgIpc) is 2.33. The largest absolute Gasteiger partial charge is 0.381 e. The third-order valence-corrected chi connectivity index (χ3v) is 4.22. The van der Waals surface area contributed by atoms with Crippen LogP contribution >= 0.6 is 34.8 Å². The van der Waals surface area contributed by atoms with E-state index in [1.54, 1.807) is 6.07 Å². The first kappa shape index (κ1) is 12.5. The third kappa shape index (κ3) is 2.84. The molecular formula is C12H13Cl3O. The Kier molecular flexibility index (Phi) is 4.37. The van der Waals surface area contributed by atoms with Gasteiger partial charge in [-0.15, -0.1) is 11.6 Å². The van der Waals surface area contributed by atoms with Crippen molar-refractivity contribution >= 4 is 34.8 Å². The van der Waals surface area contributed by atoms with E-state index in [9.17, 15) is 0 Å². The van der Waals surface area contributed by atoms with Crippen LogP contribution in [0.4, 0.5) is 0 Å². The van der Waals surface area contributed by atoms with Crippen LogP contribution in [-0.4, -0.2) is 13.2 Å². The number of hydrogen-bond acceptors (Lipinski definition) is 1. The van der Waals surface area contributed by atoms with E-state index in [4.69, 9.17) is 39.5 Å². The summed E-state index contributed by atoms with van der Waals surface area (Å²) in [5.41, 5.74) is 1.02. The van der Waals surface area contributed by atoms with Crippen LogP contribution < -0.4 is 0 Å². The van der Waals surface area contributed by atoms with Crippen LogP contribution in [-0.2, 0) is 4.74 Å². The Morgan fingerprint density at radius 1 is 1.25 bits per heavy atom. The number of benzene rings is 1. The minimum Gasteiger partial charge on any atom is -0.381 e. The second kappa shape index (κ2) is 5.59. The average molecular weight is 280 g/mol. The van der Waals surface area contributed by atoms with Gasteiger partial charge in [-0.2, -0.15) is 0 Å². The summed E-state index contributed by atoms with van der Waals surface area (Å²) in [6.07, 6.45) is 2.18. The summed E-state index contributed by atoms with van der Waals surface area (Å²) in [5.74, 6) is 0.368. The molecule has 1 saturated heterocycles. The molecule has 1 heterocycles. The van der Waals surface area contributed by atoms with Gasteiger partial charge in [-0.25, -0.2) is 0 Å². The molecule has 1 aliphatic rings. The molecule has 2 atom stereocenters. The second-order valence-corrected chi connectivity index (χ2v) is 5.34. The lowest BCUT2D eigenvalue weighted by atomic mass is 9.93. The van der Waals surface area contributed by atoms with E-state index in [0.717, 1.165) is 31.6 Å². The van der Waals surface area contributed by atoms with Crippen molar-refractivity contribution < 1.29 is 4.74 Å². The number of alkyl halides is 1. The van der Waals surface area contributed by atoms with Crippen molar-refractivity contribution in [2.75, 3.05) is 13.2 Å². The molecule has 2 unspecified atom stereocenters. The summed E-state index contributed by atoms with van der Waals surface area (Å²) in [5, 5.41) is 1.07. The molecule has 1 fully saturated rings. The van der Waals surface area contributed by atoms with Crippen LogP contribution in [0.2, 0.25) is 10.0 Å². The van der Waals surface area contributed by atoms with Crippen LogP contribution in [0.25, 0.3) is 0 Å². The van der Waals surface area contributed by atoms with Crippen molar-refractivity contribution in [3.05, 3.63) is 33.8 Å². The number of halogens is 3. The van der Waals surface area contributed by atoms with Gasteiger partial charge in [0.25, 0.3) is 0 Å². The number of ether oxygens (including phenoxy) is 1. The molecule has 0 spiro atoms. The van der Waals surface area contributed by atoms with Crippen molar-refractivity contribution in [3.63, 3.8) is 0 Å². The zero-order valence-electron chi connectivity index (χ0n) is 8.76. The van der Waals surface area contributed by atoms with Gasteiger partial charge in [-0.1, -0.05) is 29.3 Å². The van der Waals surface area contributed by atoms with Gasteiger partial charge in [0.15, 0.2) is 0 Å². The Morgan fingerprint density at radius 2 is 2.06 bits per heavy atom. The molecule has 0 aromatic heterocycles. The topological polar surface area (TPSA) is 9.23 Å². The van der Waals surface area contributed by atoms with E-state index in [-0.39, 0.29) is 5.38 Å². The minimum absolute atomic E-state index is 0.0462. The van der Waals surface area contributed by atoms with Crippen LogP contribution in [0.1, 0.15) is 23.8 Å². The summed E-state index contributed by atoms with van der Waals surface area (Å²) in [7, 11) is 0. The van der Waals surface area contributed by atoms with Gasteiger partial charge in [0.2, 0.25) is 0 Å². The fourth-order valence-corrected chi connectivity index (χ4v) is 2.59. The highest BCUT2D eigenvalue weighted by atomic mass is 35.5. The van der Waals surface area contributed by atoms with Gasteiger partial charge in [0.1, 0.15) is 0 Å². The van der Waals surface area contributed by atoms with Crippen LogP contribution in [0, 0.1) is 5.92 Å². The third-order valence-electron chi connectivity index (χ3n) is 2.87. The van der Waals surface area contributed by atoms with Crippen molar-refractivity contribution in [1.29, 1.82) is 0 Å². The maximum Gasteiger partial charge on any atom is 0.0635 e. The van der Waals surface area contributed by atoms with Crippen molar-refractivity contribution in [2.45, 2.75) is 18.2 Å². The van der Waals surface area contributed by atoms with Gasteiger partial charge in [-0.3, -0.25) is 0 Å². The molecular weight excluding hydrogens is 266 g/mol. The molecule has 0 bridgehead atoms. The first-order valence-electron chi connectivity index (χ1n) is 5.35. The zero-order chi connectivity index (χ0) is 11.5. The molecule has 0 amide bonds. The standard InChI is InChI=1S/C12H13Cl3O/c13-10-4-3-8(6-11(10)14)12(15)9-2-1-5-16-7-9/h3-4,6,9,12H,1-2,5,7H2. The lowest BCUT2D eigenvalue weighted by molar-refractivity contribution is 0.0531. The Bertz CT molecular complexity index is 361. The minimum atomic E-state index is -0.0462. The molecule has 0 saturated carbocycles. The lowest BCUT2D eigenvalue weighted by Crippen LogP contribution is -2.21. The maximum absolute atomic E-state index is 6.43. The lowest BCUT2D eigenvalue weighted by Gasteiger charge is -2.26. The predicted molar refractivity (Wildman–Crippen MR) is 68.6 cm³/mol. The fraction of sp³-hybridized carbons (Fsp3) is 0.500. The number of hydrogen-bond donors (Lipinski definition) is 0. The highest BCUT2D eigenvalue weighted by Gasteiger charge is 2.24. The first-order chi connectivity index (χ1) is 7.68. The van der Waals surface area contributed by atoms with E-state index in [0.29, 0.717) is 16.0 Å². The molecule has 2 rings (SSSR count). The van der Waals surface area contributed by atoms with Gasteiger partial charge >= 0.3 is 0 Å². The highest BCUT2D eigenvalue weighted by Crippen LogP contribution is 2.36. The maximum atomic E-state index is 6.43. The SMILES string of the molecule is Clc1ccc(C(Cl)C2CCCOC2)cc1Cl. The van der Waals surface area contributed by atoms with Crippen LogP contribution in [0.5, 0.6) is 0 Å². The van der Waals surface area contributed by atoms with E-state index >= 15 is 0 Å². The van der Waals surface area contributed by atoms with Crippen molar-refractivity contribution in [3.8, 4) is 0 Å². The van der Waals surface area contributed by atoms with Crippen LogP contribution in [0.3, 0.4) is 0 Å². The Balaban J connectivity index is 2.12. The molecule has 1 aromatic carbocycles. The van der Waals surface area contributed by atoms with Gasteiger partial charge in [0, 0.05) is 12.5 Å². The molecule has 1 aromatic rings. The molecule has 0 radical (unpaired) electrons. The molecule has 16 heavy (non-hydrogen) atoms. The smallest absolute Gasteiger partial charge is 0.0635 e. The molecule has 0 N–H and O–H groups in total. The zero-order valence-corrected chi connectivity index (χ0v) is 11.0. The summed E-state index contributed by atoms with van der Waals surface area (Å²) in [6, 6.07) is 5.56. The van der Waals surface area contributed by atoms with Gasteiger partial charge in [-0.05, 0) is 30.5 Å². The predicted octanol–water partition coefficient (Wildman–Crippen LogP) is 4.70. The first-order valence-corrected chi connectivity index (χ1v) is 6.54. The summed E-state index contributed by atoms with van der Waals surface area (Å²) < 4.78 is 5.44. The Hall–Kier alpha value is 0.0500. The normalized spacial score (nSPS) is 23.1. The van der Waals surface area contributed by atoms with Crippen LogP contribution in [0.15, 0.2) is 18.2 Å². The Labute approximate surface area is 111 Å². The summed E-state index contributed by atoms with van der Waals surface area (Å²) in [4.78, 5) is 0. The molecule has 1 aliphatic heterocycles. The quantitative estimate of drug-likeness (QED) is 0.713. The van der Waals surface area contributed by atoms with Crippen molar-refractivity contribution in [1.82, 2.24) is 0 Å². The molecule has 0 aliphatic carbocycles. The number of rotatable bonds is 2. The summed E-state index contributed by atoms with van der Waals surface area (Å²) in [6.45, 7) is 1.58. The van der Waals surface area contributed by atoms with Crippen molar-refractivity contribution in [2.24, 2.45) is 5.92 Å². The molecule has 88 valence electrons.